The Kier molecular flexibility index (Phi) is 9.66. The number of morpholine rings is 1. The zero-order valence-electron chi connectivity index (χ0n) is 15.6. The first-order chi connectivity index (χ1) is 12.4. The quantitative estimate of drug-likeness (QED) is 0.295. The zero-order valence-corrected chi connectivity index (χ0v) is 17.9. The highest BCUT2D eigenvalue weighted by molar-refractivity contribution is 14.0. The van der Waals surface area contributed by atoms with Crippen molar-refractivity contribution < 1.29 is 9.47 Å². The van der Waals surface area contributed by atoms with Gasteiger partial charge in [-0.05, 0) is 12.0 Å². The Morgan fingerprint density at radius 2 is 2.00 bits per heavy atom. The van der Waals surface area contributed by atoms with Crippen LogP contribution in [0.25, 0.3) is 0 Å². The maximum absolute atomic E-state index is 5.74. The van der Waals surface area contributed by atoms with E-state index in [1.807, 2.05) is 25.2 Å². The molecule has 1 N–H and O–H groups in total. The monoisotopic (exact) mass is 474 g/mol. The molecule has 6 nitrogen and oxygen atoms in total. The first kappa shape index (κ1) is 21.4. The summed E-state index contributed by atoms with van der Waals surface area (Å²) in [7, 11) is 1.86. The zero-order chi connectivity index (χ0) is 17.3. The van der Waals surface area contributed by atoms with Crippen LogP contribution in [0.1, 0.15) is 12.0 Å². The highest BCUT2D eigenvalue weighted by Gasteiger charge is 2.30. The molecule has 2 aliphatic rings. The van der Waals surface area contributed by atoms with Gasteiger partial charge < -0.3 is 19.7 Å². The molecular weight excluding hydrogens is 443 g/mol. The third-order valence-corrected chi connectivity index (χ3v) is 4.88. The van der Waals surface area contributed by atoms with E-state index in [0.29, 0.717) is 19.3 Å². The van der Waals surface area contributed by atoms with Gasteiger partial charge >= 0.3 is 0 Å². The van der Waals surface area contributed by atoms with Crippen molar-refractivity contribution in [2.24, 2.45) is 4.99 Å². The van der Waals surface area contributed by atoms with Crippen molar-refractivity contribution in [2.45, 2.75) is 19.1 Å². The van der Waals surface area contributed by atoms with E-state index in [4.69, 9.17) is 9.47 Å². The molecule has 0 radical (unpaired) electrons. The Morgan fingerprint density at radius 1 is 1.23 bits per heavy atom. The summed E-state index contributed by atoms with van der Waals surface area (Å²) in [6, 6.07) is 10.9. The van der Waals surface area contributed by atoms with Gasteiger partial charge in [-0.1, -0.05) is 30.3 Å². The molecule has 1 aromatic rings. The van der Waals surface area contributed by atoms with Crippen molar-refractivity contribution in [1.29, 1.82) is 0 Å². The van der Waals surface area contributed by atoms with E-state index in [9.17, 15) is 0 Å². The van der Waals surface area contributed by atoms with Crippen LogP contribution in [0.2, 0.25) is 0 Å². The Balaban J connectivity index is 0.00000243. The number of rotatable bonds is 6. The Labute approximate surface area is 173 Å². The van der Waals surface area contributed by atoms with Gasteiger partial charge in [0.25, 0.3) is 0 Å². The maximum Gasteiger partial charge on any atom is 0.193 e. The van der Waals surface area contributed by atoms with Crippen LogP contribution in [-0.4, -0.2) is 81.4 Å². The van der Waals surface area contributed by atoms with Gasteiger partial charge in [0.05, 0.1) is 26.4 Å². The second-order valence-corrected chi connectivity index (χ2v) is 6.55. The summed E-state index contributed by atoms with van der Waals surface area (Å²) >= 11 is 0. The number of guanidine groups is 1. The van der Waals surface area contributed by atoms with Crippen molar-refractivity contribution in [1.82, 2.24) is 15.1 Å². The lowest BCUT2D eigenvalue weighted by molar-refractivity contribution is 0.0194. The number of aliphatic imine (C=N–C) groups is 1. The maximum atomic E-state index is 5.74. The molecule has 2 saturated heterocycles. The standard InChI is InChI=1S/C19H30N4O2.HI/c1-20-19(21-8-12-25-16-17-5-3-2-4-6-17)23-9-7-18(15-23)22-10-13-24-14-11-22;/h2-6,18H,7-16H2,1H3,(H,20,21);1H. The molecule has 146 valence electrons. The van der Waals surface area contributed by atoms with Crippen LogP contribution in [0.4, 0.5) is 0 Å². The molecule has 0 aliphatic carbocycles. The van der Waals surface area contributed by atoms with Crippen molar-refractivity contribution in [3.05, 3.63) is 35.9 Å². The molecule has 0 bridgehead atoms. The molecular formula is C19H31IN4O2. The van der Waals surface area contributed by atoms with Crippen LogP contribution < -0.4 is 5.32 Å². The number of ether oxygens (including phenoxy) is 2. The summed E-state index contributed by atoms with van der Waals surface area (Å²) in [5.41, 5.74) is 1.21. The molecule has 0 amide bonds. The van der Waals surface area contributed by atoms with Gasteiger partial charge in [0.1, 0.15) is 0 Å². The van der Waals surface area contributed by atoms with E-state index < -0.39 is 0 Å². The van der Waals surface area contributed by atoms with E-state index in [1.54, 1.807) is 0 Å². The molecule has 1 unspecified atom stereocenters. The first-order valence-corrected chi connectivity index (χ1v) is 9.26. The molecule has 1 atom stereocenters. The van der Waals surface area contributed by atoms with E-state index in [1.165, 1.54) is 12.0 Å². The number of hydrogen-bond acceptors (Lipinski definition) is 4. The summed E-state index contributed by atoms with van der Waals surface area (Å²) in [5.74, 6) is 0.985. The molecule has 2 heterocycles. The number of benzene rings is 1. The fraction of sp³-hybridized carbons (Fsp3) is 0.632. The van der Waals surface area contributed by atoms with E-state index in [0.717, 1.165) is 51.9 Å². The number of nitrogens with one attached hydrogen (secondary N) is 1. The summed E-state index contributed by atoms with van der Waals surface area (Å²) < 4.78 is 11.2. The fourth-order valence-electron chi connectivity index (χ4n) is 3.51. The van der Waals surface area contributed by atoms with Crippen LogP contribution >= 0.6 is 24.0 Å². The second-order valence-electron chi connectivity index (χ2n) is 6.55. The number of likely N-dealkylation sites (tertiary alicyclic amines) is 1. The normalized spacial score (nSPS) is 21.5. The molecule has 1 aromatic carbocycles. The molecule has 0 saturated carbocycles. The molecule has 26 heavy (non-hydrogen) atoms. The predicted octanol–water partition coefficient (Wildman–Crippen LogP) is 1.80. The lowest BCUT2D eigenvalue weighted by atomic mass is 10.2. The van der Waals surface area contributed by atoms with Crippen molar-refractivity contribution in [2.75, 3.05) is 59.6 Å². The van der Waals surface area contributed by atoms with Crippen LogP contribution in [0.3, 0.4) is 0 Å². The van der Waals surface area contributed by atoms with Gasteiger partial charge in [-0.3, -0.25) is 9.89 Å². The van der Waals surface area contributed by atoms with Crippen LogP contribution in [0.5, 0.6) is 0 Å². The van der Waals surface area contributed by atoms with E-state index >= 15 is 0 Å². The SMILES string of the molecule is CN=C(NCCOCc1ccccc1)N1CCC(N2CCOCC2)C1.I. The number of hydrogen-bond donors (Lipinski definition) is 1. The highest BCUT2D eigenvalue weighted by Crippen LogP contribution is 2.16. The van der Waals surface area contributed by atoms with E-state index in [-0.39, 0.29) is 24.0 Å². The Morgan fingerprint density at radius 3 is 2.73 bits per heavy atom. The number of halogens is 1. The molecule has 2 aliphatic heterocycles. The van der Waals surface area contributed by atoms with Gasteiger partial charge in [0, 0.05) is 45.8 Å². The lowest BCUT2D eigenvalue weighted by Crippen LogP contribution is -2.47. The average Bonchev–Trinajstić information content (AvgIpc) is 3.16. The third-order valence-electron chi connectivity index (χ3n) is 4.88. The van der Waals surface area contributed by atoms with Gasteiger partial charge in [-0.2, -0.15) is 0 Å². The van der Waals surface area contributed by atoms with Crippen LogP contribution in [0, 0.1) is 0 Å². The van der Waals surface area contributed by atoms with Crippen LogP contribution in [-0.2, 0) is 16.1 Å². The fourth-order valence-corrected chi connectivity index (χ4v) is 3.51. The first-order valence-electron chi connectivity index (χ1n) is 9.26. The summed E-state index contributed by atoms with van der Waals surface area (Å²) in [5, 5.41) is 3.43. The average molecular weight is 474 g/mol. The van der Waals surface area contributed by atoms with Crippen molar-refractivity contribution in [3.8, 4) is 0 Å². The van der Waals surface area contributed by atoms with Gasteiger partial charge in [-0.15, -0.1) is 24.0 Å². The summed E-state index contributed by atoms with van der Waals surface area (Å²) in [6.07, 6.45) is 1.20. The Bertz CT molecular complexity index is 538. The lowest BCUT2D eigenvalue weighted by Gasteiger charge is -2.32. The highest BCUT2D eigenvalue weighted by atomic mass is 127. The number of nitrogens with zero attached hydrogens (tertiary/aromatic N) is 3. The minimum absolute atomic E-state index is 0. The largest absolute Gasteiger partial charge is 0.379 e. The van der Waals surface area contributed by atoms with E-state index in [2.05, 4.69) is 32.2 Å². The summed E-state index contributed by atoms with van der Waals surface area (Å²) in [6.45, 7) is 8.05. The minimum atomic E-state index is 0. The van der Waals surface area contributed by atoms with Crippen LogP contribution in [0.15, 0.2) is 35.3 Å². The Hall–Kier alpha value is -0.900. The predicted molar refractivity (Wildman–Crippen MR) is 115 cm³/mol. The van der Waals surface area contributed by atoms with Gasteiger partial charge in [-0.25, -0.2) is 0 Å². The molecule has 0 spiro atoms. The molecule has 7 heteroatoms. The topological polar surface area (TPSA) is 49.3 Å². The van der Waals surface area contributed by atoms with Crippen molar-refractivity contribution in [3.63, 3.8) is 0 Å². The smallest absolute Gasteiger partial charge is 0.193 e. The second kappa shape index (κ2) is 11.7. The van der Waals surface area contributed by atoms with Gasteiger partial charge in [0.15, 0.2) is 5.96 Å². The summed E-state index contributed by atoms with van der Waals surface area (Å²) in [4.78, 5) is 9.35. The third kappa shape index (κ3) is 6.37. The van der Waals surface area contributed by atoms with Gasteiger partial charge in [0.2, 0.25) is 0 Å². The minimum Gasteiger partial charge on any atom is -0.379 e. The molecule has 2 fully saturated rings. The van der Waals surface area contributed by atoms with Crippen molar-refractivity contribution >= 4 is 29.9 Å². The molecule has 3 rings (SSSR count). The molecule has 0 aromatic heterocycles.